The quantitative estimate of drug-likeness (QED) is 0.372. The van der Waals surface area contributed by atoms with Crippen LogP contribution in [0.25, 0.3) is 0 Å². The first-order valence-electron chi connectivity index (χ1n) is 9.29. The van der Waals surface area contributed by atoms with E-state index >= 15 is 0 Å². The van der Waals surface area contributed by atoms with E-state index in [0.29, 0.717) is 17.1 Å². The number of carbonyl (C=O) groups excluding carboxylic acids is 2. The predicted octanol–water partition coefficient (Wildman–Crippen LogP) is 4.79. The van der Waals surface area contributed by atoms with Crippen LogP contribution in [0.2, 0.25) is 5.02 Å². The van der Waals surface area contributed by atoms with Crippen molar-refractivity contribution in [2.24, 2.45) is 11.8 Å². The van der Waals surface area contributed by atoms with Gasteiger partial charge in [0.15, 0.2) is 0 Å². The third-order valence-corrected chi connectivity index (χ3v) is 5.14. The number of ether oxygens (including phenoxy) is 1. The monoisotopic (exact) mass is 377 g/mol. The molecule has 0 spiro atoms. The summed E-state index contributed by atoms with van der Waals surface area (Å²) < 4.78 is 5.59. The second-order valence-corrected chi connectivity index (χ2v) is 7.29. The van der Waals surface area contributed by atoms with Crippen LogP contribution in [-0.2, 0) is 14.3 Å². The highest BCUT2D eigenvalue weighted by Crippen LogP contribution is 2.40. The third-order valence-electron chi connectivity index (χ3n) is 4.80. The van der Waals surface area contributed by atoms with E-state index in [2.05, 4.69) is 19.1 Å². The number of likely N-dealkylation sites (tertiary alicyclic amines) is 1. The van der Waals surface area contributed by atoms with Gasteiger partial charge in [0.2, 0.25) is 5.91 Å². The molecule has 26 heavy (non-hydrogen) atoms. The molecule has 0 aliphatic carbocycles. The molecule has 1 saturated heterocycles. The molecular weight excluding hydrogens is 350 g/mol. The molecule has 2 rings (SSSR count). The lowest BCUT2D eigenvalue weighted by Gasteiger charge is -2.26. The maximum atomic E-state index is 12.8. The number of carbonyl (C=O) groups is 2. The molecule has 1 heterocycles. The minimum Gasteiger partial charge on any atom is -0.457 e. The number of esters is 1. The molecule has 0 aromatic heterocycles. The van der Waals surface area contributed by atoms with Crippen LogP contribution >= 0.6 is 11.6 Å². The fourth-order valence-corrected chi connectivity index (χ4v) is 3.73. The molecule has 5 heteroatoms. The predicted molar refractivity (Wildman–Crippen MR) is 104 cm³/mol. The Morgan fingerprint density at radius 2 is 2.12 bits per heavy atom. The van der Waals surface area contributed by atoms with Crippen molar-refractivity contribution >= 4 is 23.5 Å². The Balaban J connectivity index is 2.28. The van der Waals surface area contributed by atoms with Crippen molar-refractivity contribution in [3.8, 4) is 0 Å². The fourth-order valence-electron chi connectivity index (χ4n) is 3.49. The van der Waals surface area contributed by atoms with Crippen molar-refractivity contribution in [3.05, 3.63) is 47.0 Å². The summed E-state index contributed by atoms with van der Waals surface area (Å²) in [6.45, 7) is 4.16. The van der Waals surface area contributed by atoms with Crippen LogP contribution in [-0.4, -0.2) is 30.4 Å². The van der Waals surface area contributed by atoms with Crippen molar-refractivity contribution in [2.75, 3.05) is 13.6 Å². The Kier molecular flexibility index (Phi) is 7.70. The van der Waals surface area contributed by atoms with Crippen LogP contribution in [0.15, 0.2) is 36.4 Å². The number of nitrogens with zero attached hydrogens (tertiary/aromatic N) is 1. The van der Waals surface area contributed by atoms with Crippen molar-refractivity contribution in [1.29, 1.82) is 0 Å². The average Bonchev–Trinajstić information content (AvgIpc) is 2.87. The summed E-state index contributed by atoms with van der Waals surface area (Å²) in [5, 5.41) is 0.506. The van der Waals surface area contributed by atoms with Crippen molar-refractivity contribution in [1.82, 2.24) is 4.90 Å². The maximum Gasteiger partial charge on any atom is 0.303 e. The molecule has 1 aliphatic heterocycles. The Morgan fingerprint density at radius 3 is 2.77 bits per heavy atom. The average molecular weight is 378 g/mol. The van der Waals surface area contributed by atoms with Gasteiger partial charge in [0.1, 0.15) is 6.10 Å². The topological polar surface area (TPSA) is 46.6 Å². The minimum atomic E-state index is -0.677. The SMILES string of the molecule is CCCCC/C=C\C1CN(C)C(=O)C1C(OC(C)=O)c1ccccc1Cl. The summed E-state index contributed by atoms with van der Waals surface area (Å²) in [4.78, 5) is 26.2. The van der Waals surface area contributed by atoms with Gasteiger partial charge in [-0.3, -0.25) is 9.59 Å². The van der Waals surface area contributed by atoms with Crippen molar-refractivity contribution in [3.63, 3.8) is 0 Å². The Labute approximate surface area is 161 Å². The van der Waals surface area contributed by atoms with Crippen molar-refractivity contribution in [2.45, 2.75) is 45.6 Å². The summed E-state index contributed by atoms with van der Waals surface area (Å²) >= 11 is 6.34. The van der Waals surface area contributed by atoms with Gasteiger partial charge in [0.25, 0.3) is 0 Å². The number of rotatable bonds is 8. The molecule has 3 unspecified atom stereocenters. The van der Waals surface area contributed by atoms with Gasteiger partial charge < -0.3 is 9.64 Å². The van der Waals surface area contributed by atoms with Gasteiger partial charge in [-0.2, -0.15) is 0 Å². The number of hydrogen-bond donors (Lipinski definition) is 0. The van der Waals surface area contributed by atoms with E-state index < -0.39 is 18.0 Å². The van der Waals surface area contributed by atoms with Gasteiger partial charge in [-0.1, -0.05) is 61.7 Å². The van der Waals surface area contributed by atoms with Crippen LogP contribution in [0.3, 0.4) is 0 Å². The first kappa shape index (κ1) is 20.5. The largest absolute Gasteiger partial charge is 0.457 e. The minimum absolute atomic E-state index is 0.00486. The lowest BCUT2D eigenvalue weighted by molar-refractivity contribution is -0.152. The number of unbranched alkanes of at least 4 members (excludes halogenated alkanes) is 3. The molecule has 0 saturated carbocycles. The molecule has 142 valence electrons. The van der Waals surface area contributed by atoms with E-state index in [4.69, 9.17) is 16.3 Å². The standard InChI is InChI=1S/C21H28ClNO3/c1-4-5-6-7-8-11-16-14-23(3)21(25)19(16)20(26-15(2)24)17-12-9-10-13-18(17)22/h8-13,16,19-20H,4-7,14H2,1-3H3/b11-8-. The van der Waals surface area contributed by atoms with Crippen molar-refractivity contribution < 1.29 is 14.3 Å². The first-order chi connectivity index (χ1) is 12.5. The summed E-state index contributed by atoms with van der Waals surface area (Å²) in [7, 11) is 1.79. The number of halogens is 1. The zero-order valence-corrected chi connectivity index (χ0v) is 16.5. The molecule has 1 amide bonds. The van der Waals surface area contributed by atoms with Crippen LogP contribution in [0, 0.1) is 11.8 Å². The lowest BCUT2D eigenvalue weighted by atomic mass is 9.85. The molecule has 0 radical (unpaired) electrons. The van der Waals surface area contributed by atoms with Crippen LogP contribution in [0.4, 0.5) is 0 Å². The molecule has 1 aromatic rings. The van der Waals surface area contributed by atoms with E-state index in [0.717, 1.165) is 12.8 Å². The Morgan fingerprint density at radius 1 is 1.38 bits per heavy atom. The van der Waals surface area contributed by atoms with E-state index in [-0.39, 0.29) is 11.8 Å². The maximum absolute atomic E-state index is 12.8. The summed E-state index contributed by atoms with van der Waals surface area (Å²) in [5.74, 6) is -0.886. The second-order valence-electron chi connectivity index (χ2n) is 6.88. The van der Waals surface area contributed by atoms with E-state index in [1.165, 1.54) is 19.8 Å². The Bertz CT molecular complexity index is 658. The highest BCUT2D eigenvalue weighted by atomic mass is 35.5. The smallest absolute Gasteiger partial charge is 0.303 e. The highest BCUT2D eigenvalue weighted by Gasteiger charge is 2.45. The highest BCUT2D eigenvalue weighted by molar-refractivity contribution is 6.31. The number of allylic oxidation sites excluding steroid dienone is 1. The van der Waals surface area contributed by atoms with Crippen LogP contribution in [0.5, 0.6) is 0 Å². The summed E-state index contributed by atoms with van der Waals surface area (Å²) in [6, 6.07) is 7.25. The van der Waals surface area contributed by atoms with Crippen LogP contribution in [0.1, 0.15) is 51.2 Å². The third kappa shape index (κ3) is 5.10. The second kappa shape index (κ2) is 9.77. The molecule has 1 aliphatic rings. The van der Waals surface area contributed by atoms with Gasteiger partial charge in [0, 0.05) is 37.0 Å². The van der Waals surface area contributed by atoms with Gasteiger partial charge in [0.05, 0.1) is 5.92 Å². The van der Waals surface area contributed by atoms with Gasteiger partial charge >= 0.3 is 5.97 Å². The molecule has 1 fully saturated rings. The van der Waals surface area contributed by atoms with E-state index in [1.54, 1.807) is 18.0 Å². The van der Waals surface area contributed by atoms with Gasteiger partial charge in [-0.05, 0) is 18.9 Å². The number of amides is 1. The zero-order valence-electron chi connectivity index (χ0n) is 15.8. The Hall–Kier alpha value is -1.81. The summed E-state index contributed by atoms with van der Waals surface area (Å²) in [5.41, 5.74) is 0.683. The molecule has 1 aromatic carbocycles. The first-order valence-corrected chi connectivity index (χ1v) is 9.66. The van der Waals surface area contributed by atoms with E-state index in [1.807, 2.05) is 18.2 Å². The summed E-state index contributed by atoms with van der Waals surface area (Å²) in [6.07, 6.45) is 8.11. The van der Waals surface area contributed by atoms with Gasteiger partial charge in [-0.25, -0.2) is 0 Å². The number of benzene rings is 1. The van der Waals surface area contributed by atoms with Gasteiger partial charge in [-0.15, -0.1) is 0 Å². The van der Waals surface area contributed by atoms with Crippen LogP contribution < -0.4 is 0 Å². The molecule has 3 atom stereocenters. The lowest BCUT2D eigenvalue weighted by Crippen LogP contribution is -2.29. The molecule has 0 bridgehead atoms. The molecule has 4 nitrogen and oxygen atoms in total. The zero-order chi connectivity index (χ0) is 19.1. The molecule has 0 N–H and O–H groups in total. The number of hydrogen-bond acceptors (Lipinski definition) is 3. The molecular formula is C21H28ClNO3. The van der Waals surface area contributed by atoms with E-state index in [9.17, 15) is 9.59 Å². The normalized spacial score (nSPS) is 21.4. The fraction of sp³-hybridized carbons (Fsp3) is 0.524.